The number of nitrogens with zero attached hydrogens (tertiary/aromatic N) is 2. The summed E-state index contributed by atoms with van der Waals surface area (Å²) in [6.45, 7) is 5.66. The minimum atomic E-state index is -0.0519. The Morgan fingerprint density at radius 2 is 2.13 bits per heavy atom. The van der Waals surface area contributed by atoms with Crippen molar-refractivity contribution in [2.24, 2.45) is 0 Å². The van der Waals surface area contributed by atoms with Crippen molar-refractivity contribution < 1.29 is 9.26 Å². The Labute approximate surface area is 136 Å². The van der Waals surface area contributed by atoms with Crippen LogP contribution in [0.4, 0.5) is 0 Å². The van der Waals surface area contributed by atoms with Gasteiger partial charge in [0.15, 0.2) is 5.82 Å². The molecule has 1 aliphatic heterocycles. The molecule has 0 radical (unpaired) electrons. The molecule has 2 heterocycles. The molecule has 1 aliphatic rings. The van der Waals surface area contributed by atoms with Crippen LogP contribution in [0.15, 0.2) is 40.4 Å². The first-order valence-electron chi connectivity index (χ1n) is 8.09. The molecular weight excluding hydrogens is 290 g/mol. The Balaban J connectivity index is 1.42. The van der Waals surface area contributed by atoms with Crippen LogP contribution < -0.4 is 5.32 Å². The van der Waals surface area contributed by atoms with Crippen LogP contribution in [0.3, 0.4) is 0 Å². The van der Waals surface area contributed by atoms with E-state index in [1.54, 1.807) is 0 Å². The van der Waals surface area contributed by atoms with Crippen molar-refractivity contribution in [3.05, 3.63) is 53.2 Å². The molecule has 0 bridgehead atoms. The summed E-state index contributed by atoms with van der Waals surface area (Å²) in [5.74, 6) is 1.26. The van der Waals surface area contributed by atoms with Gasteiger partial charge in [-0.25, -0.2) is 0 Å². The number of hydrogen-bond acceptors (Lipinski definition) is 5. The second kappa shape index (κ2) is 7.53. The SMILES string of the molecule is C/C(=C\c1ccccc1)CNC[C@H]1CC[C@@H](c2nc(C)no2)O1. The largest absolute Gasteiger partial charge is 0.364 e. The third kappa shape index (κ3) is 4.50. The van der Waals surface area contributed by atoms with Gasteiger partial charge in [0, 0.05) is 13.1 Å². The van der Waals surface area contributed by atoms with Crippen LogP contribution >= 0.6 is 0 Å². The second-order valence-electron chi connectivity index (χ2n) is 6.04. The topological polar surface area (TPSA) is 60.2 Å². The molecule has 0 spiro atoms. The number of benzene rings is 1. The Morgan fingerprint density at radius 3 is 2.87 bits per heavy atom. The Morgan fingerprint density at radius 1 is 1.30 bits per heavy atom. The number of aromatic nitrogens is 2. The molecule has 1 fully saturated rings. The first kappa shape index (κ1) is 15.9. The zero-order valence-corrected chi connectivity index (χ0v) is 13.7. The van der Waals surface area contributed by atoms with Gasteiger partial charge in [-0.3, -0.25) is 0 Å². The summed E-state index contributed by atoms with van der Waals surface area (Å²) < 4.78 is 11.2. The molecule has 2 aromatic rings. The van der Waals surface area contributed by atoms with E-state index in [1.807, 2.05) is 13.0 Å². The van der Waals surface area contributed by atoms with Gasteiger partial charge in [0.2, 0.25) is 0 Å². The van der Waals surface area contributed by atoms with Gasteiger partial charge in [0.1, 0.15) is 6.10 Å². The molecular formula is C18H23N3O2. The molecule has 0 aliphatic carbocycles. The Hall–Kier alpha value is -1.98. The van der Waals surface area contributed by atoms with E-state index in [1.165, 1.54) is 11.1 Å². The predicted octanol–water partition coefficient (Wildman–Crippen LogP) is 3.29. The van der Waals surface area contributed by atoms with E-state index < -0.39 is 0 Å². The summed E-state index contributed by atoms with van der Waals surface area (Å²) in [4.78, 5) is 4.25. The smallest absolute Gasteiger partial charge is 0.255 e. The fourth-order valence-electron chi connectivity index (χ4n) is 2.80. The number of ether oxygens (including phenoxy) is 1. The van der Waals surface area contributed by atoms with E-state index in [0.29, 0.717) is 11.7 Å². The lowest BCUT2D eigenvalue weighted by atomic mass is 10.1. The number of nitrogens with one attached hydrogen (secondary N) is 1. The number of rotatable bonds is 6. The highest BCUT2D eigenvalue weighted by atomic mass is 16.5. The van der Waals surface area contributed by atoms with Crippen molar-refractivity contribution in [2.75, 3.05) is 13.1 Å². The summed E-state index contributed by atoms with van der Waals surface area (Å²) in [7, 11) is 0. The maximum Gasteiger partial charge on any atom is 0.255 e. The molecule has 1 aromatic heterocycles. The average molecular weight is 313 g/mol. The second-order valence-corrected chi connectivity index (χ2v) is 6.04. The maximum absolute atomic E-state index is 5.98. The minimum absolute atomic E-state index is 0.0519. The van der Waals surface area contributed by atoms with Crippen LogP contribution in [-0.4, -0.2) is 29.3 Å². The van der Waals surface area contributed by atoms with E-state index in [0.717, 1.165) is 25.9 Å². The zero-order valence-electron chi connectivity index (χ0n) is 13.7. The molecule has 0 unspecified atom stereocenters. The van der Waals surface area contributed by atoms with E-state index in [-0.39, 0.29) is 12.2 Å². The molecule has 1 N–H and O–H groups in total. The molecule has 1 aromatic carbocycles. The van der Waals surface area contributed by atoms with Gasteiger partial charge < -0.3 is 14.6 Å². The molecule has 5 nitrogen and oxygen atoms in total. The van der Waals surface area contributed by atoms with Crippen molar-refractivity contribution in [1.82, 2.24) is 15.5 Å². The summed E-state index contributed by atoms with van der Waals surface area (Å²) >= 11 is 0. The quantitative estimate of drug-likeness (QED) is 0.886. The number of aryl methyl sites for hydroxylation is 1. The molecule has 122 valence electrons. The van der Waals surface area contributed by atoms with Crippen molar-refractivity contribution in [3.8, 4) is 0 Å². The van der Waals surface area contributed by atoms with Crippen molar-refractivity contribution >= 4 is 6.08 Å². The Kier molecular flexibility index (Phi) is 5.20. The van der Waals surface area contributed by atoms with Gasteiger partial charge in [0.05, 0.1) is 6.10 Å². The molecule has 0 saturated carbocycles. The van der Waals surface area contributed by atoms with Gasteiger partial charge in [-0.1, -0.05) is 47.1 Å². The summed E-state index contributed by atoms with van der Waals surface area (Å²) in [5.41, 5.74) is 2.54. The minimum Gasteiger partial charge on any atom is -0.364 e. The first-order valence-corrected chi connectivity index (χ1v) is 8.09. The highest BCUT2D eigenvalue weighted by molar-refractivity contribution is 5.52. The van der Waals surface area contributed by atoms with Gasteiger partial charge in [-0.05, 0) is 32.3 Å². The van der Waals surface area contributed by atoms with Crippen molar-refractivity contribution in [1.29, 1.82) is 0 Å². The highest BCUT2D eigenvalue weighted by Gasteiger charge is 2.30. The van der Waals surface area contributed by atoms with Gasteiger partial charge in [-0.2, -0.15) is 4.98 Å². The summed E-state index contributed by atoms with van der Waals surface area (Å²) in [6, 6.07) is 10.4. The van der Waals surface area contributed by atoms with Gasteiger partial charge in [-0.15, -0.1) is 0 Å². The standard InChI is InChI=1S/C18H23N3O2/c1-13(10-15-6-4-3-5-7-15)11-19-12-16-8-9-17(22-16)18-20-14(2)21-23-18/h3-7,10,16-17,19H,8-9,11-12H2,1-2H3/b13-10+/t16-,17+/m1/s1. The maximum atomic E-state index is 5.98. The van der Waals surface area contributed by atoms with Crippen LogP contribution in [0.25, 0.3) is 6.08 Å². The van der Waals surface area contributed by atoms with Crippen LogP contribution in [0, 0.1) is 6.92 Å². The summed E-state index contributed by atoms with van der Waals surface area (Å²) in [5, 5.41) is 7.29. The van der Waals surface area contributed by atoms with Crippen LogP contribution in [0.2, 0.25) is 0 Å². The molecule has 23 heavy (non-hydrogen) atoms. The fraction of sp³-hybridized carbons (Fsp3) is 0.444. The van der Waals surface area contributed by atoms with Crippen LogP contribution in [0.1, 0.15) is 43.1 Å². The van der Waals surface area contributed by atoms with Gasteiger partial charge in [0.25, 0.3) is 5.89 Å². The van der Waals surface area contributed by atoms with E-state index in [9.17, 15) is 0 Å². The third-order valence-corrected chi connectivity index (χ3v) is 3.91. The lowest BCUT2D eigenvalue weighted by Gasteiger charge is -2.12. The lowest BCUT2D eigenvalue weighted by Crippen LogP contribution is -2.27. The van der Waals surface area contributed by atoms with E-state index in [2.05, 4.69) is 52.7 Å². The molecule has 3 rings (SSSR count). The highest BCUT2D eigenvalue weighted by Crippen LogP contribution is 2.31. The predicted molar refractivity (Wildman–Crippen MR) is 88.8 cm³/mol. The van der Waals surface area contributed by atoms with E-state index in [4.69, 9.17) is 9.26 Å². The first-order chi connectivity index (χ1) is 11.2. The van der Waals surface area contributed by atoms with Crippen molar-refractivity contribution in [3.63, 3.8) is 0 Å². The van der Waals surface area contributed by atoms with Crippen molar-refractivity contribution in [2.45, 2.75) is 38.9 Å². The zero-order chi connectivity index (χ0) is 16.1. The molecule has 1 saturated heterocycles. The molecule has 5 heteroatoms. The average Bonchev–Trinajstić information content (AvgIpc) is 3.17. The van der Waals surface area contributed by atoms with Crippen LogP contribution in [-0.2, 0) is 4.74 Å². The van der Waals surface area contributed by atoms with Crippen LogP contribution in [0.5, 0.6) is 0 Å². The normalized spacial score (nSPS) is 21.7. The van der Waals surface area contributed by atoms with E-state index >= 15 is 0 Å². The summed E-state index contributed by atoms with van der Waals surface area (Å²) in [6.07, 6.45) is 4.31. The lowest BCUT2D eigenvalue weighted by molar-refractivity contribution is 0.0269. The molecule has 0 amide bonds. The molecule has 2 atom stereocenters. The number of hydrogen-bond donors (Lipinski definition) is 1. The third-order valence-electron chi connectivity index (χ3n) is 3.91. The van der Waals surface area contributed by atoms with Gasteiger partial charge >= 0.3 is 0 Å². The fourth-order valence-corrected chi connectivity index (χ4v) is 2.80. The Bertz CT molecular complexity index is 651. The monoisotopic (exact) mass is 313 g/mol.